The van der Waals surface area contributed by atoms with Gasteiger partial charge in [0.2, 0.25) is 0 Å². The lowest BCUT2D eigenvalue weighted by atomic mass is 9.88. The molecule has 16 heavy (non-hydrogen) atoms. The minimum atomic E-state index is -4.28. The molecule has 0 fully saturated rings. The van der Waals surface area contributed by atoms with Crippen LogP contribution in [0.2, 0.25) is 0 Å². The highest BCUT2D eigenvalue weighted by atomic mass is 19.4. The van der Waals surface area contributed by atoms with Gasteiger partial charge in [0, 0.05) is 6.54 Å². The molecule has 1 aromatic rings. The zero-order valence-electron chi connectivity index (χ0n) is 9.38. The quantitative estimate of drug-likeness (QED) is 0.847. The van der Waals surface area contributed by atoms with Crippen molar-refractivity contribution in [3.05, 3.63) is 35.4 Å². The molecular weight excluding hydrogens is 215 g/mol. The van der Waals surface area contributed by atoms with E-state index in [1.54, 1.807) is 18.2 Å². The third-order valence-corrected chi connectivity index (χ3v) is 2.62. The number of rotatable bonds is 3. The minimum absolute atomic E-state index is 0.0626. The summed E-state index contributed by atoms with van der Waals surface area (Å²) in [6.07, 6.45) is -4.28. The highest BCUT2D eigenvalue weighted by molar-refractivity contribution is 5.34. The van der Waals surface area contributed by atoms with E-state index in [0.717, 1.165) is 5.56 Å². The summed E-state index contributed by atoms with van der Waals surface area (Å²) in [6.45, 7) is 3.35. The van der Waals surface area contributed by atoms with Gasteiger partial charge in [-0.1, -0.05) is 38.1 Å². The number of halogens is 3. The van der Waals surface area contributed by atoms with Gasteiger partial charge >= 0.3 is 6.18 Å². The van der Waals surface area contributed by atoms with Gasteiger partial charge in [-0.2, -0.15) is 13.2 Å². The van der Waals surface area contributed by atoms with E-state index < -0.39 is 18.6 Å². The van der Waals surface area contributed by atoms with Crippen LogP contribution < -0.4 is 5.73 Å². The Kier molecular flexibility index (Phi) is 3.97. The van der Waals surface area contributed by atoms with Crippen LogP contribution >= 0.6 is 0 Å². The zero-order chi connectivity index (χ0) is 12.3. The van der Waals surface area contributed by atoms with Crippen molar-refractivity contribution in [3.8, 4) is 0 Å². The first-order chi connectivity index (χ1) is 7.38. The van der Waals surface area contributed by atoms with Gasteiger partial charge in [0.25, 0.3) is 0 Å². The van der Waals surface area contributed by atoms with Crippen LogP contribution in [0.25, 0.3) is 0 Å². The van der Waals surface area contributed by atoms with Gasteiger partial charge < -0.3 is 5.73 Å². The molecule has 0 saturated heterocycles. The van der Waals surface area contributed by atoms with E-state index in [-0.39, 0.29) is 5.92 Å². The maximum Gasteiger partial charge on any atom is 0.396 e. The second kappa shape index (κ2) is 4.87. The van der Waals surface area contributed by atoms with Gasteiger partial charge in [-0.15, -0.1) is 0 Å². The molecule has 1 aromatic carbocycles. The maximum absolute atomic E-state index is 12.8. The monoisotopic (exact) mass is 231 g/mol. The van der Waals surface area contributed by atoms with Crippen LogP contribution in [-0.4, -0.2) is 12.7 Å². The van der Waals surface area contributed by atoms with Crippen molar-refractivity contribution in [1.82, 2.24) is 0 Å². The van der Waals surface area contributed by atoms with E-state index in [4.69, 9.17) is 5.73 Å². The van der Waals surface area contributed by atoms with Crippen molar-refractivity contribution in [2.45, 2.75) is 31.9 Å². The molecule has 1 atom stereocenters. The SMILES string of the molecule is CC(C)c1ccccc1C(CN)C(F)(F)F. The van der Waals surface area contributed by atoms with E-state index in [2.05, 4.69) is 0 Å². The van der Waals surface area contributed by atoms with E-state index in [0.29, 0.717) is 5.56 Å². The number of hydrogen-bond donors (Lipinski definition) is 1. The van der Waals surface area contributed by atoms with Crippen molar-refractivity contribution in [2.24, 2.45) is 5.73 Å². The van der Waals surface area contributed by atoms with Gasteiger partial charge in [0.05, 0.1) is 5.92 Å². The van der Waals surface area contributed by atoms with Crippen molar-refractivity contribution in [3.63, 3.8) is 0 Å². The Labute approximate surface area is 93.5 Å². The minimum Gasteiger partial charge on any atom is -0.330 e. The molecule has 1 rings (SSSR count). The summed E-state index contributed by atoms with van der Waals surface area (Å²) in [6, 6.07) is 6.62. The molecule has 0 amide bonds. The molecule has 2 N–H and O–H groups in total. The second-order valence-electron chi connectivity index (χ2n) is 4.11. The largest absolute Gasteiger partial charge is 0.396 e. The highest BCUT2D eigenvalue weighted by Crippen LogP contribution is 2.37. The van der Waals surface area contributed by atoms with Gasteiger partial charge in [-0.05, 0) is 17.0 Å². The van der Waals surface area contributed by atoms with E-state index in [9.17, 15) is 13.2 Å². The summed E-state index contributed by atoms with van der Waals surface area (Å²) in [7, 11) is 0. The summed E-state index contributed by atoms with van der Waals surface area (Å²) in [5.41, 5.74) is 6.26. The molecule has 1 nitrogen and oxygen atoms in total. The third-order valence-electron chi connectivity index (χ3n) is 2.62. The fraction of sp³-hybridized carbons (Fsp3) is 0.500. The molecule has 1 unspecified atom stereocenters. The predicted molar refractivity (Wildman–Crippen MR) is 58.4 cm³/mol. The van der Waals surface area contributed by atoms with Crippen LogP contribution in [0.1, 0.15) is 36.8 Å². The first kappa shape index (κ1) is 13.0. The van der Waals surface area contributed by atoms with Crippen molar-refractivity contribution < 1.29 is 13.2 Å². The van der Waals surface area contributed by atoms with Crippen molar-refractivity contribution >= 4 is 0 Å². The summed E-state index contributed by atoms with van der Waals surface area (Å²) >= 11 is 0. The molecule has 0 aromatic heterocycles. The van der Waals surface area contributed by atoms with E-state index in [1.165, 1.54) is 6.07 Å². The van der Waals surface area contributed by atoms with Crippen LogP contribution in [0.5, 0.6) is 0 Å². The van der Waals surface area contributed by atoms with Crippen LogP contribution in [0, 0.1) is 0 Å². The molecule has 0 radical (unpaired) electrons. The van der Waals surface area contributed by atoms with Crippen LogP contribution in [0.15, 0.2) is 24.3 Å². The van der Waals surface area contributed by atoms with Crippen LogP contribution in [0.3, 0.4) is 0 Å². The lowest BCUT2D eigenvalue weighted by molar-refractivity contribution is -0.148. The molecular formula is C12H16F3N. The van der Waals surface area contributed by atoms with Crippen molar-refractivity contribution in [2.75, 3.05) is 6.54 Å². The Morgan fingerprint density at radius 1 is 1.12 bits per heavy atom. The molecule has 0 aliphatic rings. The van der Waals surface area contributed by atoms with Crippen molar-refractivity contribution in [1.29, 1.82) is 0 Å². The molecule has 0 saturated carbocycles. The highest BCUT2D eigenvalue weighted by Gasteiger charge is 2.40. The Hall–Kier alpha value is -1.03. The van der Waals surface area contributed by atoms with Crippen LogP contribution in [-0.2, 0) is 0 Å². The molecule has 0 spiro atoms. The molecule has 90 valence electrons. The standard InChI is InChI=1S/C12H16F3N/c1-8(2)9-5-3-4-6-10(9)11(7-16)12(13,14)15/h3-6,8,11H,7,16H2,1-2H3. The lowest BCUT2D eigenvalue weighted by Gasteiger charge is -2.23. The summed E-state index contributed by atoms with van der Waals surface area (Å²) in [5, 5.41) is 0. The molecule has 0 aliphatic carbocycles. The summed E-state index contributed by atoms with van der Waals surface area (Å²) in [4.78, 5) is 0. The topological polar surface area (TPSA) is 26.0 Å². The summed E-state index contributed by atoms with van der Waals surface area (Å²) < 4.78 is 38.3. The first-order valence-electron chi connectivity index (χ1n) is 5.23. The smallest absolute Gasteiger partial charge is 0.330 e. The average Bonchev–Trinajstić information content (AvgIpc) is 2.17. The second-order valence-corrected chi connectivity index (χ2v) is 4.11. The first-order valence-corrected chi connectivity index (χ1v) is 5.23. The van der Waals surface area contributed by atoms with E-state index in [1.807, 2.05) is 13.8 Å². The van der Waals surface area contributed by atoms with E-state index >= 15 is 0 Å². The Balaban J connectivity index is 3.20. The van der Waals surface area contributed by atoms with Gasteiger partial charge in [0.1, 0.15) is 0 Å². The average molecular weight is 231 g/mol. The molecule has 4 heteroatoms. The molecule has 0 bridgehead atoms. The molecule has 0 heterocycles. The summed E-state index contributed by atoms with van der Waals surface area (Å²) in [5.74, 6) is -1.50. The van der Waals surface area contributed by atoms with Crippen LogP contribution in [0.4, 0.5) is 13.2 Å². The zero-order valence-corrected chi connectivity index (χ0v) is 9.38. The number of alkyl halides is 3. The number of nitrogens with two attached hydrogens (primary N) is 1. The third kappa shape index (κ3) is 2.76. The normalized spacial score (nSPS) is 14.2. The maximum atomic E-state index is 12.8. The Bertz CT molecular complexity index is 344. The Morgan fingerprint density at radius 3 is 2.00 bits per heavy atom. The number of benzene rings is 1. The lowest BCUT2D eigenvalue weighted by Crippen LogP contribution is -2.29. The number of hydrogen-bond acceptors (Lipinski definition) is 1. The fourth-order valence-corrected chi connectivity index (χ4v) is 1.79. The Morgan fingerprint density at radius 2 is 1.62 bits per heavy atom. The fourth-order valence-electron chi connectivity index (χ4n) is 1.79. The predicted octanol–water partition coefficient (Wildman–Crippen LogP) is 3.41. The van der Waals surface area contributed by atoms with Gasteiger partial charge in [-0.3, -0.25) is 0 Å². The molecule has 0 aliphatic heterocycles. The van der Waals surface area contributed by atoms with Gasteiger partial charge in [-0.25, -0.2) is 0 Å². The van der Waals surface area contributed by atoms with Gasteiger partial charge in [0.15, 0.2) is 0 Å².